The number of hydrogen-bond donors (Lipinski definition) is 1. The van der Waals surface area contributed by atoms with Crippen molar-refractivity contribution < 1.29 is 28.6 Å². The third-order valence-corrected chi connectivity index (χ3v) is 6.02. The Hall–Kier alpha value is -4.66. The summed E-state index contributed by atoms with van der Waals surface area (Å²) in [7, 11) is 0. The summed E-state index contributed by atoms with van der Waals surface area (Å²) in [4.78, 5) is 37.9. The first-order chi connectivity index (χ1) is 19.8. The molecule has 0 saturated carbocycles. The van der Waals surface area contributed by atoms with E-state index in [1.165, 1.54) is 48.7 Å². The van der Waals surface area contributed by atoms with Crippen LogP contribution in [-0.2, 0) is 0 Å². The molecule has 10 heteroatoms. The van der Waals surface area contributed by atoms with Gasteiger partial charge in [0.1, 0.15) is 17.2 Å². The smallest absolute Gasteiger partial charge is 0.343 e. The number of carbonyl (C=O) groups excluding carboxylic acids is 3. The highest BCUT2D eigenvalue weighted by Crippen LogP contribution is 2.26. The summed E-state index contributed by atoms with van der Waals surface area (Å²) in [6.07, 6.45) is 2.19. The van der Waals surface area contributed by atoms with E-state index in [1.807, 2.05) is 6.92 Å². The molecule has 4 aromatic rings. The molecular weight excluding hydrogens is 567 g/mol. The Labute approximate surface area is 246 Å². The summed E-state index contributed by atoms with van der Waals surface area (Å²) >= 11 is 11.8. The van der Waals surface area contributed by atoms with E-state index in [4.69, 9.17) is 37.4 Å². The predicted octanol–water partition coefficient (Wildman–Crippen LogP) is 6.98. The zero-order valence-electron chi connectivity index (χ0n) is 21.8. The minimum Gasteiger partial charge on any atom is -0.494 e. The molecule has 0 saturated heterocycles. The highest BCUT2D eigenvalue weighted by Gasteiger charge is 2.15. The first-order valence-corrected chi connectivity index (χ1v) is 13.2. The van der Waals surface area contributed by atoms with Crippen molar-refractivity contribution in [3.8, 4) is 17.2 Å². The van der Waals surface area contributed by atoms with Crippen molar-refractivity contribution in [2.24, 2.45) is 5.10 Å². The van der Waals surface area contributed by atoms with Crippen molar-refractivity contribution in [3.63, 3.8) is 0 Å². The van der Waals surface area contributed by atoms with E-state index in [1.54, 1.807) is 48.5 Å². The summed E-state index contributed by atoms with van der Waals surface area (Å²) in [5, 5.41) is 4.94. The minimum absolute atomic E-state index is 0.0433. The average molecular weight is 591 g/mol. The van der Waals surface area contributed by atoms with E-state index in [2.05, 4.69) is 10.5 Å². The standard InChI is InChI=1S/C31H24Cl2N2O6/c1-2-17-39-26-14-7-20(8-15-26)29(36)35-34-19-23-9-16-27(40-30(37)21-3-10-24(32)11-4-21)18-28(23)41-31(38)22-5-12-25(33)13-6-22/h3-16,18-19H,2,17H2,1H3,(H,35,36)/b34-19-. The highest BCUT2D eigenvalue weighted by molar-refractivity contribution is 6.31. The first kappa shape index (κ1) is 29.3. The number of esters is 2. The number of halogens is 2. The van der Waals surface area contributed by atoms with Crippen LogP contribution in [0.1, 0.15) is 50.0 Å². The Morgan fingerprint density at radius 1 is 0.732 bits per heavy atom. The maximum absolute atomic E-state index is 12.8. The van der Waals surface area contributed by atoms with Crippen molar-refractivity contribution in [1.82, 2.24) is 5.43 Å². The van der Waals surface area contributed by atoms with Gasteiger partial charge in [0, 0.05) is 27.2 Å². The molecule has 0 radical (unpaired) electrons. The van der Waals surface area contributed by atoms with Crippen LogP contribution < -0.4 is 19.6 Å². The quantitative estimate of drug-likeness (QED) is 0.0924. The van der Waals surface area contributed by atoms with Gasteiger partial charge in [-0.3, -0.25) is 4.79 Å². The lowest BCUT2D eigenvalue weighted by Gasteiger charge is -2.11. The summed E-state index contributed by atoms with van der Waals surface area (Å²) in [6, 6.07) is 23.4. The van der Waals surface area contributed by atoms with E-state index in [0.717, 1.165) is 6.42 Å². The van der Waals surface area contributed by atoms with E-state index < -0.39 is 17.8 Å². The highest BCUT2D eigenvalue weighted by atomic mass is 35.5. The number of rotatable bonds is 10. The van der Waals surface area contributed by atoms with Crippen molar-refractivity contribution in [2.45, 2.75) is 13.3 Å². The number of amides is 1. The Bertz CT molecular complexity index is 1550. The predicted molar refractivity (Wildman–Crippen MR) is 157 cm³/mol. The topological polar surface area (TPSA) is 103 Å². The third-order valence-electron chi connectivity index (χ3n) is 5.52. The molecule has 1 amide bonds. The van der Waals surface area contributed by atoms with Crippen LogP contribution in [0.5, 0.6) is 17.2 Å². The van der Waals surface area contributed by atoms with Crippen LogP contribution in [0, 0.1) is 0 Å². The zero-order valence-corrected chi connectivity index (χ0v) is 23.3. The van der Waals surface area contributed by atoms with Crippen molar-refractivity contribution >= 4 is 47.3 Å². The Kier molecular flexibility index (Phi) is 10.1. The van der Waals surface area contributed by atoms with Crippen LogP contribution in [0.25, 0.3) is 0 Å². The lowest BCUT2D eigenvalue weighted by Crippen LogP contribution is -2.17. The van der Waals surface area contributed by atoms with E-state index in [0.29, 0.717) is 33.5 Å². The molecule has 0 bridgehead atoms. The Balaban J connectivity index is 1.52. The van der Waals surface area contributed by atoms with Gasteiger partial charge >= 0.3 is 11.9 Å². The molecule has 4 rings (SSSR count). The lowest BCUT2D eigenvalue weighted by molar-refractivity contribution is 0.0732. The van der Waals surface area contributed by atoms with Gasteiger partial charge in [0.25, 0.3) is 5.91 Å². The SMILES string of the molecule is CCCOc1ccc(C(=O)N/N=C\c2ccc(OC(=O)c3ccc(Cl)cc3)cc2OC(=O)c2ccc(Cl)cc2)cc1. The number of carbonyl (C=O) groups is 3. The molecule has 4 aromatic carbocycles. The molecule has 41 heavy (non-hydrogen) atoms. The van der Waals surface area contributed by atoms with Crippen molar-refractivity contribution in [2.75, 3.05) is 6.61 Å². The molecule has 1 N–H and O–H groups in total. The third kappa shape index (κ3) is 8.41. The second-order valence-corrected chi connectivity index (χ2v) is 9.44. The molecule has 0 aromatic heterocycles. The molecule has 8 nitrogen and oxygen atoms in total. The van der Waals surface area contributed by atoms with Crippen LogP contribution >= 0.6 is 23.2 Å². The molecule has 0 aliphatic carbocycles. The van der Waals surface area contributed by atoms with Crippen LogP contribution in [0.3, 0.4) is 0 Å². The van der Waals surface area contributed by atoms with Crippen LogP contribution in [0.15, 0.2) is 96.1 Å². The van der Waals surface area contributed by atoms with E-state index in [-0.39, 0.29) is 22.6 Å². The van der Waals surface area contributed by atoms with Gasteiger partial charge < -0.3 is 14.2 Å². The van der Waals surface area contributed by atoms with Crippen LogP contribution in [0.2, 0.25) is 10.0 Å². The Morgan fingerprint density at radius 2 is 1.27 bits per heavy atom. The van der Waals surface area contributed by atoms with Gasteiger partial charge in [0.15, 0.2) is 0 Å². The average Bonchev–Trinajstić information content (AvgIpc) is 2.98. The number of hydrogen-bond acceptors (Lipinski definition) is 7. The number of hydrazone groups is 1. The zero-order chi connectivity index (χ0) is 29.2. The van der Waals surface area contributed by atoms with Crippen LogP contribution in [-0.4, -0.2) is 30.7 Å². The molecular formula is C31H24Cl2N2O6. The van der Waals surface area contributed by atoms with Gasteiger partial charge in [-0.25, -0.2) is 15.0 Å². The van der Waals surface area contributed by atoms with Gasteiger partial charge in [-0.2, -0.15) is 5.10 Å². The maximum atomic E-state index is 12.8. The molecule has 0 fully saturated rings. The lowest BCUT2D eigenvalue weighted by atomic mass is 10.2. The normalized spacial score (nSPS) is 10.7. The minimum atomic E-state index is -0.674. The molecule has 0 spiro atoms. The fourth-order valence-electron chi connectivity index (χ4n) is 3.42. The second-order valence-electron chi connectivity index (χ2n) is 8.56. The molecule has 0 unspecified atom stereocenters. The van der Waals surface area contributed by atoms with E-state index in [9.17, 15) is 14.4 Å². The van der Waals surface area contributed by atoms with E-state index >= 15 is 0 Å². The van der Waals surface area contributed by atoms with Crippen molar-refractivity contribution in [3.05, 3.63) is 123 Å². The number of ether oxygens (including phenoxy) is 3. The van der Waals surface area contributed by atoms with Gasteiger partial charge in [0.2, 0.25) is 0 Å². The summed E-state index contributed by atoms with van der Waals surface area (Å²) < 4.78 is 16.6. The van der Waals surface area contributed by atoms with Gasteiger partial charge in [0.05, 0.1) is 23.9 Å². The monoisotopic (exact) mass is 590 g/mol. The second kappa shape index (κ2) is 14.1. The largest absolute Gasteiger partial charge is 0.494 e. The molecule has 0 aliphatic rings. The van der Waals surface area contributed by atoms with Crippen molar-refractivity contribution in [1.29, 1.82) is 0 Å². The number of nitrogens with zero attached hydrogens (tertiary/aromatic N) is 1. The molecule has 0 aliphatic heterocycles. The molecule has 0 heterocycles. The number of benzene rings is 4. The fourth-order valence-corrected chi connectivity index (χ4v) is 3.67. The summed E-state index contributed by atoms with van der Waals surface area (Å²) in [6.45, 7) is 2.59. The summed E-state index contributed by atoms with van der Waals surface area (Å²) in [5.41, 5.74) is 3.69. The number of nitrogens with one attached hydrogen (secondary N) is 1. The molecule has 208 valence electrons. The van der Waals surface area contributed by atoms with Gasteiger partial charge in [-0.05, 0) is 91.3 Å². The maximum Gasteiger partial charge on any atom is 0.343 e. The molecule has 0 atom stereocenters. The summed E-state index contributed by atoms with van der Waals surface area (Å²) in [5.74, 6) is -0.923. The first-order valence-electron chi connectivity index (χ1n) is 12.5. The van der Waals surface area contributed by atoms with Crippen LogP contribution in [0.4, 0.5) is 0 Å². The Morgan fingerprint density at radius 3 is 1.85 bits per heavy atom. The van der Waals surface area contributed by atoms with Gasteiger partial charge in [-0.15, -0.1) is 0 Å². The van der Waals surface area contributed by atoms with Gasteiger partial charge in [-0.1, -0.05) is 30.1 Å². The fraction of sp³-hybridized carbons (Fsp3) is 0.0968.